The van der Waals surface area contributed by atoms with Crippen LogP contribution in [0, 0.1) is 0 Å². The van der Waals surface area contributed by atoms with Crippen LogP contribution in [-0.2, 0) is 0 Å². The summed E-state index contributed by atoms with van der Waals surface area (Å²) in [6.07, 6.45) is 0.966. The number of hydrogen-bond donors (Lipinski definition) is 2. The highest BCUT2D eigenvalue weighted by Crippen LogP contribution is 2.27. The van der Waals surface area contributed by atoms with Crippen LogP contribution in [0.5, 0.6) is 0 Å². The molecule has 3 aromatic rings. The van der Waals surface area contributed by atoms with E-state index < -0.39 is 0 Å². The van der Waals surface area contributed by atoms with Gasteiger partial charge in [-0.3, -0.25) is 5.32 Å². The summed E-state index contributed by atoms with van der Waals surface area (Å²) in [6, 6.07) is 12.7. The molecule has 7 heteroatoms. The van der Waals surface area contributed by atoms with Crippen molar-refractivity contribution in [1.29, 1.82) is 0 Å². The monoisotopic (exact) mass is 356 g/mol. The van der Waals surface area contributed by atoms with Crippen LogP contribution in [0.15, 0.2) is 46.9 Å². The zero-order valence-electron chi connectivity index (χ0n) is 13.5. The molecule has 2 heterocycles. The fourth-order valence-corrected chi connectivity index (χ4v) is 2.94. The first-order valence-electron chi connectivity index (χ1n) is 8.12. The number of amides is 2. The van der Waals surface area contributed by atoms with Gasteiger partial charge in [-0.05, 0) is 49.4 Å². The van der Waals surface area contributed by atoms with Crippen LogP contribution >= 0.6 is 11.6 Å². The van der Waals surface area contributed by atoms with Gasteiger partial charge in [-0.2, -0.15) is 0 Å². The number of oxazole rings is 1. The van der Waals surface area contributed by atoms with Crippen molar-refractivity contribution in [2.24, 2.45) is 0 Å². The van der Waals surface area contributed by atoms with E-state index >= 15 is 0 Å². The predicted molar refractivity (Wildman–Crippen MR) is 97.7 cm³/mol. The molecule has 6 nitrogen and oxygen atoms in total. The number of nitrogens with zero attached hydrogens (tertiary/aromatic N) is 2. The first-order chi connectivity index (χ1) is 12.2. The maximum atomic E-state index is 12.2. The van der Waals surface area contributed by atoms with E-state index in [-0.39, 0.29) is 6.03 Å². The second-order valence-electron chi connectivity index (χ2n) is 5.91. The lowest BCUT2D eigenvalue weighted by atomic mass is 10.2. The highest BCUT2D eigenvalue weighted by molar-refractivity contribution is 6.31. The fraction of sp³-hybridized carbons (Fsp3) is 0.222. The molecule has 1 aliphatic rings. The average Bonchev–Trinajstić information content (AvgIpc) is 3.06. The minimum atomic E-state index is -0.101. The number of urea groups is 1. The van der Waals surface area contributed by atoms with Gasteiger partial charge in [-0.1, -0.05) is 11.6 Å². The standard InChI is InChI=1S/C18H17ClN4O2/c19-13-4-7-15-16(10-13)25-17(22-15)12-2-5-14(6-3-12)21-18(24)23-9-1-8-20-11-23/h2-7,10,20H,1,8-9,11H2,(H,21,24). The molecule has 0 atom stereocenters. The first kappa shape index (κ1) is 15.9. The topological polar surface area (TPSA) is 70.4 Å². The first-order valence-corrected chi connectivity index (χ1v) is 8.50. The number of aromatic nitrogens is 1. The summed E-state index contributed by atoms with van der Waals surface area (Å²) in [5, 5.41) is 6.70. The Morgan fingerprint density at radius 1 is 1.24 bits per heavy atom. The molecular formula is C18H17ClN4O2. The van der Waals surface area contributed by atoms with Crippen LogP contribution in [0.1, 0.15) is 6.42 Å². The van der Waals surface area contributed by atoms with Gasteiger partial charge in [0.05, 0.1) is 6.67 Å². The second kappa shape index (κ2) is 6.74. The Labute approximate surface area is 149 Å². The molecule has 4 rings (SSSR count). The number of anilines is 1. The van der Waals surface area contributed by atoms with Gasteiger partial charge in [0.15, 0.2) is 5.58 Å². The average molecular weight is 357 g/mol. The van der Waals surface area contributed by atoms with Crippen LogP contribution in [0.3, 0.4) is 0 Å². The molecule has 2 N–H and O–H groups in total. The van der Waals surface area contributed by atoms with Gasteiger partial charge in [0.2, 0.25) is 5.89 Å². The molecule has 0 radical (unpaired) electrons. The molecule has 0 aliphatic carbocycles. The van der Waals surface area contributed by atoms with E-state index in [1.807, 2.05) is 30.3 Å². The van der Waals surface area contributed by atoms with E-state index in [0.29, 0.717) is 23.2 Å². The lowest BCUT2D eigenvalue weighted by molar-refractivity contribution is 0.195. The van der Waals surface area contributed by atoms with E-state index in [1.165, 1.54) is 0 Å². The highest BCUT2D eigenvalue weighted by atomic mass is 35.5. The van der Waals surface area contributed by atoms with Crippen molar-refractivity contribution in [2.45, 2.75) is 6.42 Å². The SMILES string of the molecule is O=C(Nc1ccc(-c2nc3ccc(Cl)cc3o2)cc1)N1CCCNC1. The van der Waals surface area contributed by atoms with Crippen molar-refractivity contribution in [2.75, 3.05) is 25.1 Å². The quantitative estimate of drug-likeness (QED) is 0.729. The maximum Gasteiger partial charge on any atom is 0.322 e. The lowest BCUT2D eigenvalue weighted by Gasteiger charge is -2.27. The zero-order valence-corrected chi connectivity index (χ0v) is 14.2. The molecule has 0 spiro atoms. The van der Waals surface area contributed by atoms with Crippen LogP contribution in [-0.4, -0.2) is 35.7 Å². The number of fused-ring (bicyclic) bond motifs is 1. The Morgan fingerprint density at radius 2 is 2.08 bits per heavy atom. The Bertz CT molecular complexity index is 901. The molecule has 0 saturated carbocycles. The minimum Gasteiger partial charge on any atom is -0.436 e. The normalized spacial score (nSPS) is 14.7. The third-order valence-corrected chi connectivity index (χ3v) is 4.34. The lowest BCUT2D eigenvalue weighted by Crippen LogP contribution is -2.46. The van der Waals surface area contributed by atoms with Crippen LogP contribution in [0.4, 0.5) is 10.5 Å². The van der Waals surface area contributed by atoms with Gasteiger partial charge >= 0.3 is 6.03 Å². The third-order valence-electron chi connectivity index (χ3n) is 4.11. The number of rotatable bonds is 2. The third kappa shape index (κ3) is 3.45. The van der Waals surface area contributed by atoms with Crippen LogP contribution in [0.25, 0.3) is 22.6 Å². The number of benzene rings is 2. The van der Waals surface area contributed by atoms with Crippen LogP contribution < -0.4 is 10.6 Å². The van der Waals surface area contributed by atoms with E-state index in [2.05, 4.69) is 15.6 Å². The number of carbonyl (C=O) groups excluding carboxylic acids is 1. The van der Waals surface area contributed by atoms with E-state index in [0.717, 1.165) is 36.3 Å². The Hall–Kier alpha value is -2.57. The van der Waals surface area contributed by atoms with Gasteiger partial charge in [0.25, 0.3) is 0 Å². The Balaban J connectivity index is 1.49. The number of nitrogens with one attached hydrogen (secondary N) is 2. The molecule has 1 aliphatic heterocycles. The number of carbonyl (C=O) groups is 1. The second-order valence-corrected chi connectivity index (χ2v) is 6.35. The number of hydrogen-bond acceptors (Lipinski definition) is 4. The summed E-state index contributed by atoms with van der Waals surface area (Å²) in [7, 11) is 0. The summed E-state index contributed by atoms with van der Waals surface area (Å²) >= 11 is 5.97. The van der Waals surface area contributed by atoms with E-state index in [9.17, 15) is 4.79 Å². The molecule has 0 unspecified atom stereocenters. The van der Waals surface area contributed by atoms with Gasteiger partial charge in [0, 0.05) is 28.9 Å². The molecule has 1 aromatic heterocycles. The predicted octanol–water partition coefficient (Wildman–Crippen LogP) is 3.93. The minimum absolute atomic E-state index is 0.101. The molecule has 1 saturated heterocycles. The van der Waals surface area contributed by atoms with Gasteiger partial charge in [0.1, 0.15) is 5.52 Å². The largest absolute Gasteiger partial charge is 0.436 e. The molecule has 2 amide bonds. The van der Waals surface area contributed by atoms with Crippen LogP contribution in [0.2, 0.25) is 5.02 Å². The molecule has 25 heavy (non-hydrogen) atoms. The van der Waals surface area contributed by atoms with Crippen molar-refractivity contribution in [3.8, 4) is 11.5 Å². The fourth-order valence-electron chi connectivity index (χ4n) is 2.78. The molecule has 1 fully saturated rings. The van der Waals surface area contributed by atoms with E-state index in [1.54, 1.807) is 17.0 Å². The molecule has 128 valence electrons. The summed E-state index contributed by atoms with van der Waals surface area (Å²) in [6.45, 7) is 2.30. The maximum absolute atomic E-state index is 12.2. The molecule has 0 bridgehead atoms. The Morgan fingerprint density at radius 3 is 2.84 bits per heavy atom. The van der Waals surface area contributed by atoms with Crippen molar-refractivity contribution in [1.82, 2.24) is 15.2 Å². The highest BCUT2D eigenvalue weighted by Gasteiger charge is 2.16. The summed E-state index contributed by atoms with van der Waals surface area (Å²) in [5.41, 5.74) is 2.98. The van der Waals surface area contributed by atoms with Gasteiger partial charge in [-0.15, -0.1) is 0 Å². The van der Waals surface area contributed by atoms with Crippen molar-refractivity contribution in [3.63, 3.8) is 0 Å². The van der Waals surface area contributed by atoms with Crippen molar-refractivity contribution >= 4 is 34.4 Å². The summed E-state index contributed by atoms with van der Waals surface area (Å²) < 4.78 is 5.75. The summed E-state index contributed by atoms with van der Waals surface area (Å²) in [4.78, 5) is 18.4. The molecular weight excluding hydrogens is 340 g/mol. The summed E-state index contributed by atoms with van der Waals surface area (Å²) in [5.74, 6) is 0.523. The van der Waals surface area contributed by atoms with Gasteiger partial charge in [-0.25, -0.2) is 9.78 Å². The van der Waals surface area contributed by atoms with Crippen molar-refractivity contribution in [3.05, 3.63) is 47.5 Å². The molecule has 2 aromatic carbocycles. The zero-order chi connectivity index (χ0) is 17.2. The number of halogens is 1. The Kier molecular flexibility index (Phi) is 4.29. The van der Waals surface area contributed by atoms with Gasteiger partial charge < -0.3 is 14.6 Å². The smallest absolute Gasteiger partial charge is 0.322 e. The van der Waals surface area contributed by atoms with E-state index in [4.69, 9.17) is 16.0 Å². The van der Waals surface area contributed by atoms with Crippen molar-refractivity contribution < 1.29 is 9.21 Å².